The fourth-order valence-corrected chi connectivity index (χ4v) is 1.88. The molecule has 0 aromatic carbocycles. The number of likely N-dealkylation sites (N-methyl/N-ethyl adjacent to an activating group) is 1. The largest absolute Gasteiger partial charge is 0.350 e. The van der Waals surface area contributed by atoms with E-state index in [0.29, 0.717) is 12.1 Å². The van der Waals surface area contributed by atoms with E-state index < -0.39 is 0 Å². The number of pyridine rings is 1. The molecule has 1 atom stereocenters. The van der Waals surface area contributed by atoms with Crippen molar-refractivity contribution in [3.05, 3.63) is 23.5 Å². The molecular formula is C13H21Cl2N5O. The van der Waals surface area contributed by atoms with Crippen LogP contribution >= 0.6 is 24.8 Å². The van der Waals surface area contributed by atoms with Crippen LogP contribution in [0.15, 0.2) is 12.3 Å². The maximum atomic E-state index is 12.0. The smallest absolute Gasteiger partial charge is 0.252 e. The van der Waals surface area contributed by atoms with Crippen molar-refractivity contribution in [1.29, 1.82) is 0 Å². The zero-order valence-corrected chi connectivity index (χ0v) is 14.1. The van der Waals surface area contributed by atoms with Gasteiger partial charge in [0.2, 0.25) is 0 Å². The first-order valence-corrected chi connectivity index (χ1v) is 6.27. The molecule has 0 spiro atoms. The predicted octanol–water partition coefficient (Wildman–Crippen LogP) is 1.46. The van der Waals surface area contributed by atoms with Crippen LogP contribution < -0.4 is 10.6 Å². The van der Waals surface area contributed by atoms with Crippen LogP contribution in [0.25, 0.3) is 11.0 Å². The van der Waals surface area contributed by atoms with Crippen molar-refractivity contribution in [1.82, 2.24) is 25.4 Å². The SMILES string of the molecule is CNC(C)CNC(=O)c1cnc2c(c1)c(C)nn2C.Cl.Cl. The fraction of sp³-hybridized carbons (Fsp3) is 0.462. The Labute approximate surface area is 136 Å². The maximum absolute atomic E-state index is 12.0. The molecular weight excluding hydrogens is 313 g/mol. The molecule has 6 nitrogen and oxygen atoms in total. The van der Waals surface area contributed by atoms with Gasteiger partial charge in [-0.1, -0.05) is 0 Å². The number of amides is 1. The Bertz CT molecular complexity index is 614. The Morgan fingerprint density at radius 1 is 1.43 bits per heavy atom. The summed E-state index contributed by atoms with van der Waals surface area (Å²) in [5.74, 6) is -0.111. The van der Waals surface area contributed by atoms with E-state index in [9.17, 15) is 4.79 Å². The summed E-state index contributed by atoms with van der Waals surface area (Å²) in [7, 11) is 3.71. The third-order valence-corrected chi connectivity index (χ3v) is 3.19. The molecule has 0 saturated heterocycles. The number of carbonyl (C=O) groups is 1. The number of aromatic nitrogens is 3. The fourth-order valence-electron chi connectivity index (χ4n) is 1.88. The Balaban J connectivity index is 0.00000200. The number of rotatable bonds is 4. The van der Waals surface area contributed by atoms with E-state index in [0.717, 1.165) is 16.7 Å². The van der Waals surface area contributed by atoms with E-state index in [2.05, 4.69) is 20.7 Å². The van der Waals surface area contributed by atoms with E-state index in [1.807, 2.05) is 34.0 Å². The van der Waals surface area contributed by atoms with Gasteiger partial charge in [0.15, 0.2) is 5.65 Å². The summed E-state index contributed by atoms with van der Waals surface area (Å²) in [6, 6.07) is 2.07. The summed E-state index contributed by atoms with van der Waals surface area (Å²) in [6.45, 7) is 4.50. The highest BCUT2D eigenvalue weighted by molar-refractivity contribution is 5.97. The lowest BCUT2D eigenvalue weighted by molar-refractivity contribution is 0.0950. The van der Waals surface area contributed by atoms with Crippen LogP contribution in [0.2, 0.25) is 0 Å². The molecule has 0 bridgehead atoms. The summed E-state index contributed by atoms with van der Waals surface area (Å²) in [5.41, 5.74) is 2.23. The summed E-state index contributed by atoms with van der Waals surface area (Å²) >= 11 is 0. The van der Waals surface area contributed by atoms with Crippen LogP contribution in [-0.4, -0.2) is 40.3 Å². The van der Waals surface area contributed by atoms with Crippen molar-refractivity contribution in [2.45, 2.75) is 19.9 Å². The molecule has 2 aromatic rings. The van der Waals surface area contributed by atoms with Gasteiger partial charge in [0.1, 0.15) is 0 Å². The lowest BCUT2D eigenvalue weighted by Gasteiger charge is -2.11. The van der Waals surface area contributed by atoms with E-state index >= 15 is 0 Å². The molecule has 2 heterocycles. The average Bonchev–Trinajstić information content (AvgIpc) is 2.70. The van der Waals surface area contributed by atoms with Gasteiger partial charge in [0.05, 0.1) is 11.3 Å². The lowest BCUT2D eigenvalue weighted by Crippen LogP contribution is -2.37. The third kappa shape index (κ3) is 4.30. The molecule has 8 heteroatoms. The highest BCUT2D eigenvalue weighted by atomic mass is 35.5. The van der Waals surface area contributed by atoms with Crippen molar-refractivity contribution in [3.8, 4) is 0 Å². The number of carbonyl (C=O) groups excluding carboxylic acids is 1. The quantitative estimate of drug-likeness (QED) is 0.888. The number of hydrogen-bond acceptors (Lipinski definition) is 4. The molecule has 0 saturated carbocycles. The second-order valence-corrected chi connectivity index (χ2v) is 4.70. The third-order valence-electron chi connectivity index (χ3n) is 3.19. The first-order valence-electron chi connectivity index (χ1n) is 6.27. The minimum absolute atomic E-state index is 0. The van der Waals surface area contributed by atoms with Crippen molar-refractivity contribution in [3.63, 3.8) is 0 Å². The van der Waals surface area contributed by atoms with Gasteiger partial charge in [0.25, 0.3) is 5.91 Å². The van der Waals surface area contributed by atoms with Gasteiger partial charge in [0, 0.05) is 31.2 Å². The van der Waals surface area contributed by atoms with Gasteiger partial charge in [-0.2, -0.15) is 5.10 Å². The number of nitrogens with one attached hydrogen (secondary N) is 2. The minimum atomic E-state index is -0.111. The Hall–Kier alpha value is -1.37. The summed E-state index contributed by atoms with van der Waals surface area (Å²) in [5, 5.41) is 11.1. The van der Waals surface area contributed by atoms with Crippen LogP contribution in [-0.2, 0) is 7.05 Å². The molecule has 0 aliphatic carbocycles. The lowest BCUT2D eigenvalue weighted by atomic mass is 10.2. The summed E-state index contributed by atoms with van der Waals surface area (Å²) in [6.07, 6.45) is 1.59. The number of nitrogens with zero attached hydrogens (tertiary/aromatic N) is 3. The molecule has 2 rings (SSSR count). The highest BCUT2D eigenvalue weighted by Gasteiger charge is 2.12. The molecule has 2 N–H and O–H groups in total. The second kappa shape index (κ2) is 8.17. The molecule has 0 aliphatic heterocycles. The summed E-state index contributed by atoms with van der Waals surface area (Å²) < 4.78 is 1.72. The van der Waals surface area contributed by atoms with Crippen LogP contribution in [0.1, 0.15) is 23.0 Å². The van der Waals surface area contributed by atoms with Gasteiger partial charge >= 0.3 is 0 Å². The average molecular weight is 334 g/mol. The molecule has 0 radical (unpaired) electrons. The van der Waals surface area contributed by atoms with Gasteiger partial charge < -0.3 is 10.6 Å². The minimum Gasteiger partial charge on any atom is -0.350 e. The van der Waals surface area contributed by atoms with Gasteiger partial charge in [-0.3, -0.25) is 9.48 Å². The van der Waals surface area contributed by atoms with Gasteiger partial charge in [-0.15, -0.1) is 24.8 Å². The standard InChI is InChI=1S/C13H19N5O.2ClH/c1-8(14-3)6-16-13(19)10-5-11-9(2)17-18(4)12(11)15-7-10;;/h5,7-8,14H,6H2,1-4H3,(H,16,19);2*1H. The second-order valence-electron chi connectivity index (χ2n) is 4.70. The molecule has 118 valence electrons. The van der Waals surface area contributed by atoms with Crippen molar-refractivity contribution < 1.29 is 4.79 Å². The van der Waals surface area contributed by atoms with Gasteiger partial charge in [-0.25, -0.2) is 4.98 Å². The first-order chi connectivity index (χ1) is 9.02. The van der Waals surface area contributed by atoms with Gasteiger partial charge in [-0.05, 0) is 27.0 Å². The van der Waals surface area contributed by atoms with Crippen LogP contribution in [0.3, 0.4) is 0 Å². The number of hydrogen-bond donors (Lipinski definition) is 2. The molecule has 21 heavy (non-hydrogen) atoms. The van der Waals surface area contributed by atoms with Crippen molar-refractivity contribution in [2.24, 2.45) is 7.05 Å². The topological polar surface area (TPSA) is 71.8 Å². The monoisotopic (exact) mass is 333 g/mol. The van der Waals surface area contributed by atoms with Crippen molar-refractivity contribution in [2.75, 3.05) is 13.6 Å². The first kappa shape index (κ1) is 19.6. The normalized spacial score (nSPS) is 11.4. The maximum Gasteiger partial charge on any atom is 0.252 e. The molecule has 1 unspecified atom stereocenters. The molecule has 2 aromatic heterocycles. The van der Waals surface area contributed by atoms with E-state index in [1.165, 1.54) is 0 Å². The number of fused-ring (bicyclic) bond motifs is 1. The predicted molar refractivity (Wildman–Crippen MR) is 88.6 cm³/mol. The number of aryl methyl sites for hydroxylation is 2. The summed E-state index contributed by atoms with van der Waals surface area (Å²) in [4.78, 5) is 16.3. The Morgan fingerprint density at radius 2 is 2.10 bits per heavy atom. The van der Waals surface area contributed by atoms with E-state index in [-0.39, 0.29) is 36.8 Å². The Morgan fingerprint density at radius 3 is 2.71 bits per heavy atom. The number of halogens is 2. The van der Waals surface area contributed by atoms with Crippen LogP contribution in [0.5, 0.6) is 0 Å². The van der Waals surface area contributed by atoms with Crippen LogP contribution in [0, 0.1) is 6.92 Å². The Kier molecular flexibility index (Phi) is 7.63. The van der Waals surface area contributed by atoms with Crippen molar-refractivity contribution >= 4 is 41.8 Å². The molecule has 1 amide bonds. The van der Waals surface area contributed by atoms with Crippen LogP contribution in [0.4, 0.5) is 0 Å². The zero-order valence-electron chi connectivity index (χ0n) is 12.5. The highest BCUT2D eigenvalue weighted by Crippen LogP contribution is 2.16. The van der Waals surface area contributed by atoms with E-state index in [1.54, 1.807) is 10.9 Å². The zero-order chi connectivity index (χ0) is 14.0. The van der Waals surface area contributed by atoms with E-state index in [4.69, 9.17) is 0 Å². The molecule has 0 fully saturated rings. The molecule has 0 aliphatic rings.